The van der Waals surface area contributed by atoms with E-state index in [1.807, 2.05) is 18.7 Å². The zero-order valence-electron chi connectivity index (χ0n) is 14.4. The SMILES string of the molecule is CC(C)C1(C(=O)O)CCN(C(=O)C2CC23CCc2ccccc23)C1. The summed E-state index contributed by atoms with van der Waals surface area (Å²) < 4.78 is 0. The van der Waals surface area contributed by atoms with Crippen molar-refractivity contribution < 1.29 is 14.7 Å². The third kappa shape index (κ3) is 1.98. The lowest BCUT2D eigenvalue weighted by molar-refractivity contribution is -0.151. The number of carbonyl (C=O) groups excluding carboxylic acids is 1. The van der Waals surface area contributed by atoms with Crippen molar-refractivity contribution in [3.05, 3.63) is 35.4 Å². The standard InChI is InChI=1S/C20H25NO3/c1-13(2)20(18(23)24)9-10-21(12-20)17(22)16-11-19(16)8-7-14-5-3-4-6-15(14)19/h3-6,13,16H,7-12H2,1-2H3,(H,23,24). The van der Waals surface area contributed by atoms with Crippen LogP contribution in [0.5, 0.6) is 0 Å². The van der Waals surface area contributed by atoms with Crippen LogP contribution >= 0.6 is 0 Å². The number of hydrogen-bond donors (Lipinski definition) is 1. The molecule has 3 atom stereocenters. The van der Waals surface area contributed by atoms with Crippen LogP contribution < -0.4 is 0 Å². The minimum absolute atomic E-state index is 0.0353. The molecule has 3 unspecified atom stereocenters. The number of aryl methyl sites for hydroxylation is 1. The zero-order valence-corrected chi connectivity index (χ0v) is 14.4. The van der Waals surface area contributed by atoms with Crippen molar-refractivity contribution in [2.45, 2.75) is 44.9 Å². The fourth-order valence-corrected chi connectivity index (χ4v) is 5.05. The molecule has 1 aliphatic heterocycles. The van der Waals surface area contributed by atoms with Gasteiger partial charge in [-0.2, -0.15) is 0 Å². The highest BCUT2D eigenvalue weighted by Gasteiger charge is 2.63. The fraction of sp³-hybridized carbons (Fsp3) is 0.600. The number of nitrogens with zero attached hydrogens (tertiary/aromatic N) is 1. The highest BCUT2D eigenvalue weighted by atomic mass is 16.4. The summed E-state index contributed by atoms with van der Waals surface area (Å²) in [5.74, 6) is -0.494. The van der Waals surface area contributed by atoms with Crippen LogP contribution in [0.15, 0.2) is 24.3 Å². The Kier molecular flexibility index (Phi) is 3.32. The lowest BCUT2D eigenvalue weighted by Crippen LogP contribution is -2.41. The van der Waals surface area contributed by atoms with E-state index < -0.39 is 11.4 Å². The van der Waals surface area contributed by atoms with E-state index in [1.54, 1.807) is 0 Å². The number of hydrogen-bond acceptors (Lipinski definition) is 2. The maximum absolute atomic E-state index is 13.0. The zero-order chi connectivity index (χ0) is 17.1. The Balaban J connectivity index is 1.53. The summed E-state index contributed by atoms with van der Waals surface area (Å²) in [4.78, 5) is 26.7. The first-order valence-corrected chi connectivity index (χ1v) is 9.01. The van der Waals surface area contributed by atoms with Crippen LogP contribution in [-0.2, 0) is 21.4 Å². The predicted molar refractivity (Wildman–Crippen MR) is 90.7 cm³/mol. The van der Waals surface area contributed by atoms with Crippen molar-refractivity contribution >= 4 is 11.9 Å². The molecule has 2 aliphatic carbocycles. The monoisotopic (exact) mass is 327 g/mol. The first kappa shape index (κ1) is 15.7. The molecule has 0 aromatic heterocycles. The Hall–Kier alpha value is -1.84. The van der Waals surface area contributed by atoms with Gasteiger partial charge in [-0.25, -0.2) is 0 Å². The lowest BCUT2D eigenvalue weighted by Gasteiger charge is -2.29. The maximum atomic E-state index is 13.0. The lowest BCUT2D eigenvalue weighted by atomic mass is 9.76. The van der Waals surface area contributed by atoms with Crippen LogP contribution in [-0.4, -0.2) is 35.0 Å². The summed E-state index contributed by atoms with van der Waals surface area (Å²) in [7, 11) is 0. The molecular weight excluding hydrogens is 302 g/mol. The maximum Gasteiger partial charge on any atom is 0.311 e. The molecule has 3 aliphatic rings. The van der Waals surface area contributed by atoms with Gasteiger partial charge in [-0.15, -0.1) is 0 Å². The number of benzene rings is 1. The molecule has 0 radical (unpaired) electrons. The topological polar surface area (TPSA) is 57.6 Å². The predicted octanol–water partition coefficient (Wildman–Crippen LogP) is 2.85. The van der Waals surface area contributed by atoms with Crippen molar-refractivity contribution in [3.63, 3.8) is 0 Å². The van der Waals surface area contributed by atoms with Gasteiger partial charge < -0.3 is 10.0 Å². The number of carboxylic acids is 1. The number of amides is 1. The van der Waals surface area contributed by atoms with Crippen LogP contribution in [0.4, 0.5) is 0 Å². The number of rotatable bonds is 3. The van der Waals surface area contributed by atoms with Crippen LogP contribution in [0.1, 0.15) is 44.2 Å². The first-order chi connectivity index (χ1) is 11.4. The number of fused-ring (bicyclic) bond motifs is 2. The second kappa shape index (κ2) is 5.08. The second-order valence-electron chi connectivity index (χ2n) is 8.20. The van der Waals surface area contributed by atoms with Gasteiger partial charge in [0.1, 0.15) is 0 Å². The van der Waals surface area contributed by atoms with Crippen LogP contribution in [0.25, 0.3) is 0 Å². The summed E-state index contributed by atoms with van der Waals surface area (Å²) in [5.41, 5.74) is 2.01. The molecular formula is C20H25NO3. The summed E-state index contributed by atoms with van der Waals surface area (Å²) in [6.45, 7) is 4.85. The molecule has 1 heterocycles. The van der Waals surface area contributed by atoms with Crippen LogP contribution in [0, 0.1) is 17.3 Å². The largest absolute Gasteiger partial charge is 0.481 e. The van der Waals surface area contributed by atoms with Crippen molar-refractivity contribution in [2.75, 3.05) is 13.1 Å². The Morgan fingerprint density at radius 2 is 2.00 bits per heavy atom. The molecule has 1 aromatic carbocycles. The van der Waals surface area contributed by atoms with Gasteiger partial charge in [0.2, 0.25) is 5.91 Å². The quantitative estimate of drug-likeness (QED) is 0.929. The summed E-state index contributed by atoms with van der Waals surface area (Å²) in [5, 5.41) is 9.69. The van der Waals surface area contributed by atoms with Crippen molar-refractivity contribution in [1.82, 2.24) is 4.90 Å². The minimum Gasteiger partial charge on any atom is -0.481 e. The molecule has 0 bridgehead atoms. The van der Waals surface area contributed by atoms with Crippen LogP contribution in [0.3, 0.4) is 0 Å². The number of carboxylic acid groups (broad SMARTS) is 1. The molecule has 1 amide bonds. The van der Waals surface area contributed by atoms with E-state index in [9.17, 15) is 14.7 Å². The highest BCUT2D eigenvalue weighted by molar-refractivity contribution is 5.87. The Morgan fingerprint density at radius 1 is 1.25 bits per heavy atom. The Bertz CT molecular complexity index is 713. The molecule has 1 saturated heterocycles. The van der Waals surface area contributed by atoms with E-state index in [1.165, 1.54) is 11.1 Å². The molecule has 1 saturated carbocycles. The fourth-order valence-electron chi connectivity index (χ4n) is 5.05. The van der Waals surface area contributed by atoms with E-state index >= 15 is 0 Å². The summed E-state index contributed by atoms with van der Waals surface area (Å²) >= 11 is 0. The van der Waals surface area contributed by atoms with Gasteiger partial charge in [-0.1, -0.05) is 38.1 Å². The first-order valence-electron chi connectivity index (χ1n) is 9.01. The number of likely N-dealkylation sites (tertiary alicyclic amines) is 1. The molecule has 24 heavy (non-hydrogen) atoms. The van der Waals surface area contributed by atoms with Crippen molar-refractivity contribution in [3.8, 4) is 0 Å². The van der Waals surface area contributed by atoms with E-state index in [0.717, 1.165) is 19.3 Å². The molecule has 4 nitrogen and oxygen atoms in total. The van der Waals surface area contributed by atoms with Crippen LogP contribution in [0.2, 0.25) is 0 Å². The molecule has 2 fully saturated rings. The van der Waals surface area contributed by atoms with E-state index in [0.29, 0.717) is 19.5 Å². The third-order valence-corrected chi connectivity index (χ3v) is 6.91. The molecule has 1 aromatic rings. The van der Waals surface area contributed by atoms with Gasteiger partial charge in [-0.05, 0) is 42.7 Å². The van der Waals surface area contributed by atoms with Crippen molar-refractivity contribution in [2.24, 2.45) is 17.3 Å². The summed E-state index contributed by atoms with van der Waals surface area (Å²) in [6.07, 6.45) is 3.62. The van der Waals surface area contributed by atoms with Gasteiger partial charge in [0.25, 0.3) is 0 Å². The normalized spacial score (nSPS) is 34.0. The Labute approximate surface area is 142 Å². The number of carbonyl (C=O) groups is 2. The second-order valence-corrected chi connectivity index (χ2v) is 8.20. The molecule has 4 heteroatoms. The molecule has 4 rings (SSSR count). The van der Waals surface area contributed by atoms with E-state index in [4.69, 9.17) is 0 Å². The van der Waals surface area contributed by atoms with E-state index in [2.05, 4.69) is 24.3 Å². The smallest absolute Gasteiger partial charge is 0.311 e. The molecule has 1 spiro atoms. The molecule has 1 N–H and O–H groups in total. The summed E-state index contributed by atoms with van der Waals surface area (Å²) in [6, 6.07) is 8.49. The third-order valence-electron chi connectivity index (χ3n) is 6.91. The van der Waals surface area contributed by atoms with Gasteiger partial charge in [0.15, 0.2) is 0 Å². The number of aliphatic carboxylic acids is 1. The van der Waals surface area contributed by atoms with Crippen molar-refractivity contribution in [1.29, 1.82) is 0 Å². The Morgan fingerprint density at radius 3 is 2.67 bits per heavy atom. The van der Waals surface area contributed by atoms with Gasteiger partial charge in [0.05, 0.1) is 5.41 Å². The average Bonchev–Trinajstić information content (AvgIpc) is 2.92. The van der Waals surface area contributed by atoms with Gasteiger partial charge in [0, 0.05) is 24.4 Å². The van der Waals surface area contributed by atoms with Gasteiger partial charge in [-0.3, -0.25) is 9.59 Å². The minimum atomic E-state index is -0.773. The average molecular weight is 327 g/mol. The highest BCUT2D eigenvalue weighted by Crippen LogP contribution is 2.62. The molecule has 128 valence electrons. The van der Waals surface area contributed by atoms with Gasteiger partial charge >= 0.3 is 5.97 Å². The van der Waals surface area contributed by atoms with E-state index in [-0.39, 0.29) is 23.2 Å².